The van der Waals surface area contributed by atoms with E-state index in [1.54, 1.807) is 4.90 Å². The lowest BCUT2D eigenvalue weighted by Crippen LogP contribution is -2.49. The molecule has 1 N–H and O–H groups in total. The topological polar surface area (TPSA) is 32.3 Å². The lowest BCUT2D eigenvalue weighted by atomic mass is 10.0. The van der Waals surface area contributed by atoms with E-state index in [2.05, 4.69) is 27.9 Å². The zero-order valence-electron chi connectivity index (χ0n) is 9.54. The molecule has 0 bridgehead atoms. The molecule has 92 valence electrons. The van der Waals surface area contributed by atoms with Crippen molar-refractivity contribution in [1.29, 1.82) is 0 Å². The predicted octanol–water partition coefficient (Wildman–Crippen LogP) is 2.66. The van der Waals surface area contributed by atoms with Crippen LogP contribution in [0.1, 0.15) is 12.8 Å². The third-order valence-corrected chi connectivity index (χ3v) is 3.98. The Kier molecular flexibility index (Phi) is 4.27. The van der Waals surface area contributed by atoms with Crippen LogP contribution in [0.2, 0.25) is 5.02 Å². The van der Waals surface area contributed by atoms with Gasteiger partial charge in [0.05, 0.1) is 16.8 Å². The number of likely N-dealkylation sites (N-methyl/N-ethyl adjacent to an activating group) is 1. The molecule has 1 aliphatic heterocycles. The Hall–Kier alpha value is -0.330. The first kappa shape index (κ1) is 13.1. The van der Waals surface area contributed by atoms with Crippen molar-refractivity contribution in [3.05, 3.63) is 26.8 Å². The van der Waals surface area contributed by atoms with Gasteiger partial charge in [-0.05, 0) is 60.7 Å². The Morgan fingerprint density at radius 2 is 2.29 bits per heavy atom. The monoisotopic (exact) mass is 364 g/mol. The molecule has 1 heterocycles. The van der Waals surface area contributed by atoms with Gasteiger partial charge in [-0.3, -0.25) is 4.79 Å². The SMILES string of the molecule is CNC1CCCN(c2cc(I)ccc2Cl)C1=O. The average molecular weight is 365 g/mol. The standard InChI is InChI=1S/C12H14ClIN2O/c1-15-10-3-2-6-16(12(10)17)11-7-8(14)4-5-9(11)13/h4-5,7,10,15H,2-3,6H2,1H3. The lowest BCUT2D eigenvalue weighted by molar-refractivity contribution is -0.121. The number of rotatable bonds is 2. The quantitative estimate of drug-likeness (QED) is 0.818. The lowest BCUT2D eigenvalue weighted by Gasteiger charge is -2.32. The maximum absolute atomic E-state index is 12.2. The number of anilines is 1. The highest BCUT2D eigenvalue weighted by atomic mass is 127. The summed E-state index contributed by atoms with van der Waals surface area (Å²) in [6.45, 7) is 0.747. The maximum Gasteiger partial charge on any atom is 0.244 e. The second-order valence-corrected chi connectivity index (χ2v) is 5.72. The summed E-state index contributed by atoms with van der Waals surface area (Å²) in [6, 6.07) is 5.65. The summed E-state index contributed by atoms with van der Waals surface area (Å²) in [7, 11) is 1.82. The highest BCUT2D eigenvalue weighted by Crippen LogP contribution is 2.30. The highest BCUT2D eigenvalue weighted by molar-refractivity contribution is 14.1. The van der Waals surface area contributed by atoms with E-state index in [0.29, 0.717) is 5.02 Å². The van der Waals surface area contributed by atoms with Crippen LogP contribution in [-0.4, -0.2) is 25.5 Å². The molecule has 0 radical (unpaired) electrons. The van der Waals surface area contributed by atoms with Crippen LogP contribution in [-0.2, 0) is 4.79 Å². The third kappa shape index (κ3) is 2.74. The predicted molar refractivity (Wildman–Crippen MR) is 78.6 cm³/mol. The maximum atomic E-state index is 12.2. The van der Waals surface area contributed by atoms with Crippen LogP contribution in [0.3, 0.4) is 0 Å². The van der Waals surface area contributed by atoms with E-state index in [4.69, 9.17) is 11.6 Å². The van der Waals surface area contributed by atoms with Crippen LogP contribution < -0.4 is 10.2 Å². The van der Waals surface area contributed by atoms with Crippen molar-refractivity contribution in [2.24, 2.45) is 0 Å². The summed E-state index contributed by atoms with van der Waals surface area (Å²) in [5.74, 6) is 0.114. The molecule has 1 fully saturated rings. The van der Waals surface area contributed by atoms with Gasteiger partial charge < -0.3 is 10.2 Å². The molecule has 0 saturated carbocycles. The minimum Gasteiger partial charge on any atom is -0.310 e. The Morgan fingerprint density at radius 3 is 3.00 bits per heavy atom. The van der Waals surface area contributed by atoms with Crippen molar-refractivity contribution in [3.63, 3.8) is 0 Å². The molecule has 17 heavy (non-hydrogen) atoms. The van der Waals surface area contributed by atoms with Gasteiger partial charge in [0.1, 0.15) is 0 Å². The van der Waals surface area contributed by atoms with E-state index < -0.39 is 0 Å². The Bertz CT molecular complexity index is 439. The summed E-state index contributed by atoms with van der Waals surface area (Å²) in [5.41, 5.74) is 0.823. The summed E-state index contributed by atoms with van der Waals surface area (Å²) in [6.07, 6.45) is 1.90. The molecule has 0 aliphatic carbocycles. The van der Waals surface area contributed by atoms with Gasteiger partial charge in [0.2, 0.25) is 5.91 Å². The number of amides is 1. The van der Waals surface area contributed by atoms with Crippen LogP contribution in [0.25, 0.3) is 0 Å². The van der Waals surface area contributed by atoms with Gasteiger partial charge in [-0.15, -0.1) is 0 Å². The molecule has 0 spiro atoms. The van der Waals surface area contributed by atoms with Crippen molar-refractivity contribution < 1.29 is 4.79 Å². The van der Waals surface area contributed by atoms with E-state index in [9.17, 15) is 4.79 Å². The fourth-order valence-corrected chi connectivity index (χ4v) is 2.77. The summed E-state index contributed by atoms with van der Waals surface area (Å²) in [4.78, 5) is 14.0. The fourth-order valence-electron chi connectivity index (χ4n) is 2.07. The van der Waals surface area contributed by atoms with Crippen molar-refractivity contribution in [2.75, 3.05) is 18.5 Å². The van der Waals surface area contributed by atoms with Crippen molar-refractivity contribution in [1.82, 2.24) is 5.32 Å². The number of halogens is 2. The van der Waals surface area contributed by atoms with E-state index in [1.807, 2.05) is 25.2 Å². The fraction of sp³-hybridized carbons (Fsp3) is 0.417. The summed E-state index contributed by atoms with van der Waals surface area (Å²) >= 11 is 8.40. The van der Waals surface area contributed by atoms with Crippen molar-refractivity contribution >= 4 is 45.8 Å². The van der Waals surface area contributed by atoms with Crippen molar-refractivity contribution in [2.45, 2.75) is 18.9 Å². The number of hydrogen-bond acceptors (Lipinski definition) is 2. The number of nitrogens with zero attached hydrogens (tertiary/aromatic N) is 1. The van der Waals surface area contributed by atoms with Crippen LogP contribution in [0.5, 0.6) is 0 Å². The molecule has 1 unspecified atom stereocenters. The first-order valence-electron chi connectivity index (χ1n) is 5.57. The normalized spacial score (nSPS) is 20.8. The molecule has 1 atom stereocenters. The number of nitrogens with one attached hydrogen (secondary N) is 1. The second-order valence-electron chi connectivity index (χ2n) is 4.07. The second kappa shape index (κ2) is 5.54. The molecular formula is C12H14ClIN2O. The van der Waals surface area contributed by atoms with Crippen LogP contribution in [0, 0.1) is 3.57 Å². The molecule has 5 heteroatoms. The average Bonchev–Trinajstić information content (AvgIpc) is 2.33. The largest absolute Gasteiger partial charge is 0.310 e. The van der Waals surface area contributed by atoms with E-state index >= 15 is 0 Å². The Morgan fingerprint density at radius 1 is 1.53 bits per heavy atom. The molecule has 3 nitrogen and oxygen atoms in total. The molecule has 1 amide bonds. The van der Waals surface area contributed by atoms with Gasteiger partial charge in [0.15, 0.2) is 0 Å². The number of carbonyl (C=O) groups is 1. The highest BCUT2D eigenvalue weighted by Gasteiger charge is 2.29. The molecular weight excluding hydrogens is 351 g/mol. The van der Waals surface area contributed by atoms with Gasteiger partial charge in [-0.1, -0.05) is 11.6 Å². The first-order valence-corrected chi connectivity index (χ1v) is 7.03. The van der Waals surface area contributed by atoms with Gasteiger partial charge in [0, 0.05) is 10.1 Å². The Labute approximate surface area is 120 Å². The summed E-state index contributed by atoms with van der Waals surface area (Å²) in [5, 5.41) is 3.69. The van der Waals surface area contributed by atoms with Crippen LogP contribution in [0.15, 0.2) is 18.2 Å². The minimum atomic E-state index is -0.0855. The number of carbonyl (C=O) groups excluding carboxylic acids is 1. The van der Waals surface area contributed by atoms with Gasteiger partial charge in [0.25, 0.3) is 0 Å². The third-order valence-electron chi connectivity index (χ3n) is 2.99. The van der Waals surface area contributed by atoms with Crippen molar-refractivity contribution in [3.8, 4) is 0 Å². The smallest absolute Gasteiger partial charge is 0.244 e. The van der Waals surface area contributed by atoms with Gasteiger partial charge in [-0.25, -0.2) is 0 Å². The zero-order chi connectivity index (χ0) is 12.4. The number of piperidine rings is 1. The van der Waals surface area contributed by atoms with Gasteiger partial charge in [-0.2, -0.15) is 0 Å². The van der Waals surface area contributed by atoms with E-state index in [1.165, 1.54) is 0 Å². The first-order chi connectivity index (χ1) is 8.13. The number of benzene rings is 1. The molecule has 1 aromatic rings. The molecule has 1 aliphatic rings. The minimum absolute atomic E-state index is 0.0855. The molecule has 0 aromatic heterocycles. The zero-order valence-corrected chi connectivity index (χ0v) is 12.5. The molecule has 1 saturated heterocycles. The van der Waals surface area contributed by atoms with Crippen LogP contribution >= 0.6 is 34.2 Å². The van der Waals surface area contributed by atoms with Crippen LogP contribution in [0.4, 0.5) is 5.69 Å². The summed E-state index contributed by atoms with van der Waals surface area (Å²) < 4.78 is 1.08. The molecule has 1 aromatic carbocycles. The number of hydrogen-bond donors (Lipinski definition) is 1. The molecule has 2 rings (SSSR count). The Balaban J connectivity index is 2.32. The van der Waals surface area contributed by atoms with E-state index in [-0.39, 0.29) is 11.9 Å². The van der Waals surface area contributed by atoms with E-state index in [0.717, 1.165) is 28.6 Å². The van der Waals surface area contributed by atoms with Gasteiger partial charge >= 0.3 is 0 Å².